The van der Waals surface area contributed by atoms with Crippen LogP contribution in [0, 0.1) is 10.1 Å². The maximum atomic E-state index is 11.2. The molecule has 2 rings (SSSR count). The highest BCUT2D eigenvalue weighted by Crippen LogP contribution is 2.21. The Hall–Kier alpha value is -2.74. The standard InChI is InChI=1S/C10H9N5O3/c11-12-10(16)7-5-6-14(13-7)8-3-1-2-4-9(8)15(17)18/h1-6H,11H2,(H,12,16). The lowest BCUT2D eigenvalue weighted by atomic mass is 10.3. The number of benzene rings is 1. The first-order chi connectivity index (χ1) is 8.63. The number of nitrogen functional groups attached to an aromatic ring is 1. The maximum Gasteiger partial charge on any atom is 0.294 e. The van der Waals surface area contributed by atoms with Gasteiger partial charge in [-0.15, -0.1) is 0 Å². The van der Waals surface area contributed by atoms with Gasteiger partial charge in [0, 0.05) is 12.3 Å². The summed E-state index contributed by atoms with van der Waals surface area (Å²) in [6.07, 6.45) is 1.45. The van der Waals surface area contributed by atoms with Gasteiger partial charge in [0.2, 0.25) is 0 Å². The van der Waals surface area contributed by atoms with Gasteiger partial charge in [-0.3, -0.25) is 20.3 Å². The molecule has 0 aliphatic carbocycles. The Balaban J connectivity index is 2.46. The topological polar surface area (TPSA) is 116 Å². The summed E-state index contributed by atoms with van der Waals surface area (Å²) in [6.45, 7) is 0. The van der Waals surface area contributed by atoms with Gasteiger partial charge in [0.1, 0.15) is 5.69 Å². The second kappa shape index (κ2) is 4.63. The van der Waals surface area contributed by atoms with E-state index < -0.39 is 10.8 Å². The summed E-state index contributed by atoms with van der Waals surface area (Å²) in [4.78, 5) is 21.6. The predicted octanol–water partition coefficient (Wildman–Crippen LogP) is 0.384. The zero-order chi connectivity index (χ0) is 13.1. The average molecular weight is 247 g/mol. The summed E-state index contributed by atoms with van der Waals surface area (Å²) in [6, 6.07) is 7.51. The van der Waals surface area contributed by atoms with Gasteiger partial charge in [0.15, 0.2) is 5.69 Å². The summed E-state index contributed by atoms with van der Waals surface area (Å²) in [5.74, 6) is 4.41. The number of nitrogens with two attached hydrogens (primary N) is 1. The third kappa shape index (κ3) is 2.04. The molecule has 3 N–H and O–H groups in total. The molecule has 0 bridgehead atoms. The van der Waals surface area contributed by atoms with Crippen molar-refractivity contribution in [3.8, 4) is 5.69 Å². The van der Waals surface area contributed by atoms with E-state index in [1.165, 1.54) is 29.1 Å². The smallest absolute Gasteiger partial charge is 0.289 e. The highest BCUT2D eigenvalue weighted by Gasteiger charge is 2.16. The molecule has 0 radical (unpaired) electrons. The molecule has 0 unspecified atom stereocenters. The van der Waals surface area contributed by atoms with Crippen LogP contribution >= 0.6 is 0 Å². The van der Waals surface area contributed by atoms with Crippen LogP contribution in [0.2, 0.25) is 0 Å². The van der Waals surface area contributed by atoms with E-state index >= 15 is 0 Å². The molecular weight excluding hydrogens is 238 g/mol. The molecule has 2 aromatic rings. The molecule has 0 aliphatic rings. The molecule has 1 amide bonds. The summed E-state index contributed by atoms with van der Waals surface area (Å²) in [7, 11) is 0. The number of aromatic nitrogens is 2. The van der Waals surface area contributed by atoms with E-state index in [0.29, 0.717) is 0 Å². The van der Waals surface area contributed by atoms with Crippen LogP contribution in [0.5, 0.6) is 0 Å². The van der Waals surface area contributed by atoms with Crippen LogP contribution in [0.25, 0.3) is 5.69 Å². The second-order valence-electron chi connectivity index (χ2n) is 3.36. The number of amides is 1. The molecule has 18 heavy (non-hydrogen) atoms. The minimum absolute atomic E-state index is 0.0793. The molecule has 1 heterocycles. The van der Waals surface area contributed by atoms with Crippen molar-refractivity contribution in [2.75, 3.05) is 0 Å². The number of carbonyl (C=O) groups is 1. The first kappa shape index (κ1) is 11.7. The molecule has 1 aromatic heterocycles. The normalized spacial score (nSPS) is 10.1. The zero-order valence-corrected chi connectivity index (χ0v) is 9.11. The Morgan fingerprint density at radius 3 is 2.78 bits per heavy atom. The van der Waals surface area contributed by atoms with Crippen molar-refractivity contribution < 1.29 is 9.72 Å². The van der Waals surface area contributed by atoms with Gasteiger partial charge in [-0.05, 0) is 12.1 Å². The molecule has 8 heteroatoms. The van der Waals surface area contributed by atoms with E-state index in [1.807, 2.05) is 5.43 Å². The number of hydrazine groups is 1. The van der Waals surface area contributed by atoms with Crippen LogP contribution in [-0.2, 0) is 0 Å². The van der Waals surface area contributed by atoms with Crippen molar-refractivity contribution in [1.29, 1.82) is 0 Å². The van der Waals surface area contributed by atoms with E-state index in [4.69, 9.17) is 5.84 Å². The van der Waals surface area contributed by atoms with Gasteiger partial charge in [-0.25, -0.2) is 10.5 Å². The lowest BCUT2D eigenvalue weighted by molar-refractivity contribution is -0.384. The maximum absolute atomic E-state index is 11.2. The number of nitro benzene ring substituents is 1. The first-order valence-corrected chi connectivity index (χ1v) is 4.94. The Morgan fingerprint density at radius 2 is 2.11 bits per heavy atom. The van der Waals surface area contributed by atoms with Gasteiger partial charge in [-0.1, -0.05) is 12.1 Å². The van der Waals surface area contributed by atoms with Crippen molar-refractivity contribution in [1.82, 2.24) is 15.2 Å². The van der Waals surface area contributed by atoms with Gasteiger partial charge < -0.3 is 0 Å². The fraction of sp³-hybridized carbons (Fsp3) is 0. The number of carbonyl (C=O) groups excluding carboxylic acids is 1. The van der Waals surface area contributed by atoms with E-state index in [-0.39, 0.29) is 17.1 Å². The predicted molar refractivity (Wildman–Crippen MR) is 61.9 cm³/mol. The van der Waals surface area contributed by atoms with E-state index in [9.17, 15) is 14.9 Å². The minimum atomic E-state index is -0.563. The van der Waals surface area contributed by atoms with Gasteiger partial charge in [0.25, 0.3) is 11.6 Å². The van der Waals surface area contributed by atoms with Gasteiger partial charge >= 0.3 is 0 Å². The largest absolute Gasteiger partial charge is 0.294 e. The van der Waals surface area contributed by atoms with Crippen molar-refractivity contribution in [2.45, 2.75) is 0 Å². The van der Waals surface area contributed by atoms with Crippen LogP contribution in [0.3, 0.4) is 0 Å². The number of hydrogen-bond acceptors (Lipinski definition) is 5. The van der Waals surface area contributed by atoms with Crippen molar-refractivity contribution in [2.24, 2.45) is 5.84 Å². The monoisotopic (exact) mass is 247 g/mol. The first-order valence-electron chi connectivity index (χ1n) is 4.94. The summed E-state index contributed by atoms with van der Waals surface area (Å²) in [5, 5.41) is 14.8. The SMILES string of the molecule is NNC(=O)c1ccn(-c2ccccc2[N+](=O)[O-])n1. The Labute approximate surface area is 101 Å². The summed E-state index contributed by atoms with van der Waals surface area (Å²) >= 11 is 0. The highest BCUT2D eigenvalue weighted by atomic mass is 16.6. The van der Waals surface area contributed by atoms with E-state index in [0.717, 1.165) is 0 Å². The average Bonchev–Trinajstić information content (AvgIpc) is 2.87. The van der Waals surface area contributed by atoms with Crippen LogP contribution < -0.4 is 11.3 Å². The van der Waals surface area contributed by atoms with Crippen LogP contribution in [0.15, 0.2) is 36.5 Å². The van der Waals surface area contributed by atoms with E-state index in [2.05, 4.69) is 5.10 Å². The number of nitro groups is 1. The number of rotatable bonds is 3. The quantitative estimate of drug-likeness (QED) is 0.352. The Bertz CT molecular complexity index is 607. The fourth-order valence-corrected chi connectivity index (χ4v) is 1.47. The lowest BCUT2D eigenvalue weighted by Gasteiger charge is -2.01. The Kier molecular flexibility index (Phi) is 3.02. The molecule has 0 saturated carbocycles. The van der Waals surface area contributed by atoms with E-state index in [1.54, 1.807) is 12.1 Å². The molecule has 0 fully saturated rings. The summed E-state index contributed by atoms with van der Waals surface area (Å²) in [5.41, 5.74) is 2.19. The number of para-hydroxylation sites is 2. The van der Waals surface area contributed by atoms with Crippen molar-refractivity contribution in [3.05, 3.63) is 52.3 Å². The van der Waals surface area contributed by atoms with Crippen LogP contribution in [-0.4, -0.2) is 20.6 Å². The molecule has 0 aliphatic heterocycles. The number of nitrogens with zero attached hydrogens (tertiary/aromatic N) is 3. The number of hydrogen-bond donors (Lipinski definition) is 2. The van der Waals surface area contributed by atoms with Crippen molar-refractivity contribution in [3.63, 3.8) is 0 Å². The third-order valence-corrected chi connectivity index (χ3v) is 2.28. The zero-order valence-electron chi connectivity index (χ0n) is 9.11. The summed E-state index contributed by atoms with van der Waals surface area (Å²) < 4.78 is 1.25. The van der Waals surface area contributed by atoms with Crippen LogP contribution in [0.4, 0.5) is 5.69 Å². The van der Waals surface area contributed by atoms with Gasteiger partial charge in [0.05, 0.1) is 4.92 Å². The van der Waals surface area contributed by atoms with Gasteiger partial charge in [-0.2, -0.15) is 5.10 Å². The van der Waals surface area contributed by atoms with Crippen LogP contribution in [0.1, 0.15) is 10.5 Å². The number of nitrogens with one attached hydrogen (secondary N) is 1. The molecule has 0 atom stereocenters. The van der Waals surface area contributed by atoms with Crippen molar-refractivity contribution >= 4 is 11.6 Å². The minimum Gasteiger partial charge on any atom is -0.289 e. The molecule has 1 aromatic carbocycles. The molecular formula is C10H9N5O3. The fourth-order valence-electron chi connectivity index (χ4n) is 1.47. The second-order valence-corrected chi connectivity index (χ2v) is 3.36. The Morgan fingerprint density at radius 1 is 1.39 bits per heavy atom. The lowest BCUT2D eigenvalue weighted by Crippen LogP contribution is -2.30. The molecule has 0 saturated heterocycles. The highest BCUT2D eigenvalue weighted by molar-refractivity contribution is 5.91. The molecule has 92 valence electrons. The third-order valence-electron chi connectivity index (χ3n) is 2.28. The molecule has 0 spiro atoms. The molecule has 8 nitrogen and oxygen atoms in total.